The molecule has 1 saturated carbocycles. The van der Waals surface area contributed by atoms with Gasteiger partial charge in [0, 0.05) is 18.7 Å². The van der Waals surface area contributed by atoms with Crippen molar-refractivity contribution in [3.8, 4) is 11.3 Å². The monoisotopic (exact) mass is 368 g/mol. The van der Waals surface area contributed by atoms with Crippen LogP contribution in [0.3, 0.4) is 0 Å². The third-order valence-corrected chi connectivity index (χ3v) is 5.72. The summed E-state index contributed by atoms with van der Waals surface area (Å²) in [6.07, 6.45) is 4.88. The van der Waals surface area contributed by atoms with Crippen LogP contribution >= 0.6 is 0 Å². The minimum absolute atomic E-state index is 0.0552. The van der Waals surface area contributed by atoms with Crippen molar-refractivity contribution in [1.82, 2.24) is 10.1 Å². The predicted molar refractivity (Wildman–Crippen MR) is 98.4 cm³/mol. The Hall–Kier alpha value is -2.63. The number of benzene rings is 1. The van der Waals surface area contributed by atoms with Crippen molar-refractivity contribution in [3.05, 3.63) is 42.2 Å². The standard InChI is InChI=1S/C21H24N2O4/c1-23(14-16-12-18(22-27-16)15-8-4-2-5-9-15)20(25)17-13-19(24)26-21(17)10-6-3-7-11-21/h2,4-5,8-9,12,17H,3,6-7,10-11,13-14H2,1H3/t17-/m0/s1. The van der Waals surface area contributed by atoms with Gasteiger partial charge in [0.1, 0.15) is 11.3 Å². The summed E-state index contributed by atoms with van der Waals surface area (Å²) in [5, 5.41) is 4.10. The summed E-state index contributed by atoms with van der Waals surface area (Å²) in [4.78, 5) is 26.7. The second-order valence-corrected chi connectivity index (χ2v) is 7.60. The molecule has 1 saturated heterocycles. The first-order valence-corrected chi connectivity index (χ1v) is 9.55. The Bertz CT molecular complexity index is 824. The van der Waals surface area contributed by atoms with Crippen LogP contribution in [0.25, 0.3) is 11.3 Å². The average Bonchev–Trinajstić information content (AvgIpc) is 3.27. The van der Waals surface area contributed by atoms with E-state index in [4.69, 9.17) is 9.26 Å². The molecule has 1 amide bonds. The molecule has 1 aromatic heterocycles. The normalized spacial score (nSPS) is 21.2. The number of carbonyl (C=O) groups excluding carboxylic acids is 2. The molecule has 0 N–H and O–H groups in total. The van der Waals surface area contributed by atoms with Crippen molar-refractivity contribution >= 4 is 11.9 Å². The fourth-order valence-corrected chi connectivity index (χ4v) is 4.32. The molecule has 6 heteroatoms. The fourth-order valence-electron chi connectivity index (χ4n) is 4.32. The van der Waals surface area contributed by atoms with E-state index in [1.54, 1.807) is 11.9 Å². The Balaban J connectivity index is 1.46. The molecule has 2 aromatic rings. The Morgan fingerprint density at radius 3 is 2.70 bits per heavy atom. The third-order valence-electron chi connectivity index (χ3n) is 5.72. The van der Waals surface area contributed by atoms with Crippen molar-refractivity contribution in [2.75, 3.05) is 7.05 Å². The van der Waals surface area contributed by atoms with Gasteiger partial charge >= 0.3 is 5.97 Å². The van der Waals surface area contributed by atoms with Crippen LogP contribution in [0.4, 0.5) is 0 Å². The quantitative estimate of drug-likeness (QED) is 0.772. The Morgan fingerprint density at radius 1 is 1.22 bits per heavy atom. The van der Waals surface area contributed by atoms with Gasteiger partial charge in [0.2, 0.25) is 5.91 Å². The van der Waals surface area contributed by atoms with Gasteiger partial charge in [-0.2, -0.15) is 0 Å². The van der Waals surface area contributed by atoms with Crippen LogP contribution in [0, 0.1) is 5.92 Å². The van der Waals surface area contributed by atoms with E-state index in [-0.39, 0.29) is 18.3 Å². The highest BCUT2D eigenvalue weighted by Gasteiger charge is 2.53. The van der Waals surface area contributed by atoms with Gasteiger partial charge in [0.15, 0.2) is 5.76 Å². The topological polar surface area (TPSA) is 72.6 Å². The highest BCUT2D eigenvalue weighted by Crippen LogP contribution is 2.44. The summed E-state index contributed by atoms with van der Waals surface area (Å²) >= 11 is 0. The molecular formula is C21H24N2O4. The van der Waals surface area contributed by atoms with Crippen molar-refractivity contribution in [2.24, 2.45) is 5.92 Å². The van der Waals surface area contributed by atoms with Crippen molar-refractivity contribution in [3.63, 3.8) is 0 Å². The van der Waals surface area contributed by atoms with Gasteiger partial charge < -0.3 is 14.2 Å². The van der Waals surface area contributed by atoms with Gasteiger partial charge in [0.25, 0.3) is 0 Å². The van der Waals surface area contributed by atoms with E-state index in [1.807, 2.05) is 36.4 Å². The predicted octanol–water partition coefficient (Wildman–Crippen LogP) is 3.57. The minimum atomic E-state index is -0.600. The summed E-state index contributed by atoms with van der Waals surface area (Å²) in [5.41, 5.74) is 1.11. The molecule has 1 atom stereocenters. The SMILES string of the molecule is CN(Cc1cc(-c2ccccc2)no1)C(=O)[C@@H]1CC(=O)OC12CCCCC2. The van der Waals surface area contributed by atoms with Crippen LogP contribution in [0.15, 0.2) is 40.9 Å². The van der Waals surface area contributed by atoms with Gasteiger partial charge in [-0.3, -0.25) is 9.59 Å². The van der Waals surface area contributed by atoms with Gasteiger partial charge in [-0.25, -0.2) is 0 Å². The van der Waals surface area contributed by atoms with E-state index in [1.165, 1.54) is 0 Å². The lowest BCUT2D eigenvalue weighted by molar-refractivity contribution is -0.155. The zero-order chi connectivity index (χ0) is 18.9. The van der Waals surface area contributed by atoms with Crippen LogP contribution in [0.5, 0.6) is 0 Å². The maximum atomic E-state index is 13.1. The van der Waals surface area contributed by atoms with E-state index in [9.17, 15) is 9.59 Å². The second-order valence-electron chi connectivity index (χ2n) is 7.60. The molecule has 142 valence electrons. The number of hydrogen-bond acceptors (Lipinski definition) is 5. The highest BCUT2D eigenvalue weighted by molar-refractivity contribution is 5.87. The van der Waals surface area contributed by atoms with Gasteiger partial charge in [0.05, 0.1) is 18.9 Å². The molecule has 1 spiro atoms. The first-order valence-electron chi connectivity index (χ1n) is 9.55. The number of aromatic nitrogens is 1. The van der Waals surface area contributed by atoms with Crippen LogP contribution in [-0.2, 0) is 20.9 Å². The van der Waals surface area contributed by atoms with Crippen molar-refractivity contribution in [2.45, 2.75) is 50.7 Å². The molecule has 2 fully saturated rings. The molecule has 1 aliphatic heterocycles. The Labute approximate surface area is 158 Å². The van der Waals surface area contributed by atoms with Crippen LogP contribution in [0.2, 0.25) is 0 Å². The first kappa shape index (κ1) is 17.8. The lowest BCUT2D eigenvalue weighted by Gasteiger charge is -2.37. The molecule has 1 aromatic carbocycles. The van der Waals surface area contributed by atoms with Gasteiger partial charge in [-0.05, 0) is 25.7 Å². The fraction of sp³-hybridized carbons (Fsp3) is 0.476. The molecule has 2 aliphatic rings. The summed E-state index contributed by atoms with van der Waals surface area (Å²) in [6.45, 7) is 0.319. The summed E-state index contributed by atoms with van der Waals surface area (Å²) in [7, 11) is 1.74. The highest BCUT2D eigenvalue weighted by atomic mass is 16.6. The van der Waals surface area contributed by atoms with E-state index >= 15 is 0 Å². The first-order chi connectivity index (χ1) is 13.1. The molecule has 0 bridgehead atoms. The second kappa shape index (κ2) is 7.18. The van der Waals surface area contributed by atoms with Gasteiger partial charge in [-0.1, -0.05) is 41.9 Å². The zero-order valence-electron chi connectivity index (χ0n) is 15.5. The number of ether oxygens (including phenoxy) is 1. The maximum absolute atomic E-state index is 13.1. The number of amides is 1. The molecule has 2 heterocycles. The van der Waals surface area contributed by atoms with Crippen LogP contribution < -0.4 is 0 Å². The van der Waals surface area contributed by atoms with E-state index < -0.39 is 11.5 Å². The molecule has 6 nitrogen and oxygen atoms in total. The molecule has 0 unspecified atom stereocenters. The zero-order valence-corrected chi connectivity index (χ0v) is 15.5. The van der Waals surface area contributed by atoms with Crippen molar-refractivity contribution < 1.29 is 18.8 Å². The Morgan fingerprint density at radius 2 is 1.96 bits per heavy atom. The lowest BCUT2D eigenvalue weighted by Crippen LogP contribution is -2.46. The molecule has 27 heavy (non-hydrogen) atoms. The molecule has 1 aliphatic carbocycles. The summed E-state index contributed by atoms with van der Waals surface area (Å²) < 4.78 is 11.1. The number of nitrogens with zero attached hydrogens (tertiary/aromatic N) is 2. The summed E-state index contributed by atoms with van der Waals surface area (Å²) in [5.74, 6) is -0.0884. The molecular weight excluding hydrogens is 344 g/mol. The largest absolute Gasteiger partial charge is 0.458 e. The minimum Gasteiger partial charge on any atom is -0.458 e. The van der Waals surface area contributed by atoms with Crippen molar-refractivity contribution in [1.29, 1.82) is 0 Å². The summed E-state index contributed by atoms with van der Waals surface area (Å²) in [6, 6.07) is 11.6. The van der Waals surface area contributed by atoms with Crippen LogP contribution in [-0.4, -0.2) is 34.6 Å². The number of esters is 1. The van der Waals surface area contributed by atoms with E-state index in [0.717, 1.165) is 43.4 Å². The lowest BCUT2D eigenvalue weighted by atomic mass is 9.75. The average molecular weight is 368 g/mol. The maximum Gasteiger partial charge on any atom is 0.307 e. The Kier molecular flexibility index (Phi) is 4.72. The molecule has 0 radical (unpaired) electrons. The molecule has 4 rings (SSSR count). The van der Waals surface area contributed by atoms with Crippen LogP contribution in [0.1, 0.15) is 44.3 Å². The van der Waals surface area contributed by atoms with Gasteiger partial charge in [-0.15, -0.1) is 0 Å². The number of carbonyl (C=O) groups is 2. The van der Waals surface area contributed by atoms with E-state index in [0.29, 0.717) is 12.3 Å². The number of rotatable bonds is 4. The third kappa shape index (κ3) is 3.48. The van der Waals surface area contributed by atoms with E-state index in [2.05, 4.69) is 5.16 Å². The number of hydrogen-bond donors (Lipinski definition) is 0. The smallest absolute Gasteiger partial charge is 0.307 e.